The molecule has 246 valence electrons. The number of likely N-dealkylation sites (N-methyl/N-ethyl adjacent to an activating group) is 1. The van der Waals surface area contributed by atoms with Gasteiger partial charge < -0.3 is 15.3 Å². The van der Waals surface area contributed by atoms with E-state index in [0.29, 0.717) is 25.9 Å². The van der Waals surface area contributed by atoms with E-state index < -0.39 is 48.9 Å². The average Bonchev–Trinajstić information content (AvgIpc) is 2.94. The Morgan fingerprint density at radius 2 is 1.52 bits per heavy atom. The molecule has 0 saturated heterocycles. The molecular formula is C30H47N5O7S2. The van der Waals surface area contributed by atoms with Crippen molar-refractivity contribution in [3.63, 3.8) is 0 Å². The highest BCUT2D eigenvalue weighted by Gasteiger charge is 2.28. The van der Waals surface area contributed by atoms with Crippen LogP contribution in [0, 0.1) is 5.92 Å². The topological polar surface area (TPSA) is 179 Å². The monoisotopic (exact) mass is 653 g/mol. The Kier molecular flexibility index (Phi) is 14.4. The molecule has 0 heterocycles. The third kappa shape index (κ3) is 11.9. The number of sulfonamides is 2. The minimum absolute atomic E-state index is 0.000417. The van der Waals surface area contributed by atoms with Gasteiger partial charge in [0.25, 0.3) is 11.8 Å². The maximum atomic E-state index is 13.6. The number of nitrogens with one attached hydrogen (secondary N) is 2. The van der Waals surface area contributed by atoms with Crippen molar-refractivity contribution in [2.45, 2.75) is 70.9 Å². The summed E-state index contributed by atoms with van der Waals surface area (Å²) in [7, 11) is -7.94. The molecule has 44 heavy (non-hydrogen) atoms. The minimum atomic E-state index is -4.28. The number of hydrogen-bond acceptors (Lipinski definition) is 8. The lowest BCUT2D eigenvalue weighted by Gasteiger charge is -2.30. The molecule has 0 fully saturated rings. The first-order chi connectivity index (χ1) is 20.6. The maximum absolute atomic E-state index is 13.6. The van der Waals surface area contributed by atoms with Crippen LogP contribution in [-0.2, 0) is 26.5 Å². The zero-order chi connectivity index (χ0) is 33.1. The molecule has 14 heteroatoms. The number of aliphatic hydroxyl groups excluding tert-OH is 1. The molecular weight excluding hydrogens is 606 g/mol. The van der Waals surface area contributed by atoms with Crippen LogP contribution < -0.4 is 15.3 Å². The van der Waals surface area contributed by atoms with Gasteiger partial charge in [-0.3, -0.25) is 9.59 Å². The number of nitrogens with two attached hydrogens (primary N) is 1. The summed E-state index contributed by atoms with van der Waals surface area (Å²) in [6, 6.07) is 11.7. The molecule has 2 amide bonds. The van der Waals surface area contributed by atoms with Crippen LogP contribution in [0.25, 0.3) is 0 Å². The number of amides is 2. The Bertz CT molecular complexity index is 1450. The predicted molar refractivity (Wildman–Crippen MR) is 171 cm³/mol. The number of hydrazine groups is 1. The van der Waals surface area contributed by atoms with Gasteiger partial charge >= 0.3 is 0 Å². The van der Waals surface area contributed by atoms with Gasteiger partial charge in [0, 0.05) is 37.3 Å². The van der Waals surface area contributed by atoms with E-state index in [2.05, 4.69) is 10.1 Å². The predicted octanol–water partition coefficient (Wildman–Crippen LogP) is 2.11. The summed E-state index contributed by atoms with van der Waals surface area (Å²) in [5.74, 6) is -1.37. The van der Waals surface area contributed by atoms with E-state index >= 15 is 0 Å². The fourth-order valence-electron chi connectivity index (χ4n) is 4.71. The minimum Gasteiger partial charge on any atom is -0.390 e. The third-order valence-electron chi connectivity index (χ3n) is 6.71. The molecule has 2 aromatic rings. The first-order valence-electron chi connectivity index (χ1n) is 14.8. The van der Waals surface area contributed by atoms with Gasteiger partial charge in [-0.1, -0.05) is 65.0 Å². The number of carbonyl (C=O) groups excluding carboxylic acids is 2. The van der Waals surface area contributed by atoms with Gasteiger partial charge in [0.15, 0.2) is 0 Å². The molecule has 0 aliphatic heterocycles. The van der Waals surface area contributed by atoms with Crippen LogP contribution in [0.2, 0.25) is 0 Å². The van der Waals surface area contributed by atoms with Crippen LogP contribution in [-0.4, -0.2) is 87.7 Å². The molecule has 0 bridgehead atoms. The summed E-state index contributed by atoms with van der Waals surface area (Å²) in [5.41, 5.74) is 0.674. The third-order valence-corrected chi connectivity index (χ3v) is 9.24. The van der Waals surface area contributed by atoms with E-state index in [-0.39, 0.29) is 42.3 Å². The molecule has 2 aromatic carbocycles. The lowest BCUT2D eigenvalue weighted by molar-refractivity contribution is 0.0634. The zero-order valence-electron chi connectivity index (χ0n) is 26.2. The van der Waals surface area contributed by atoms with Crippen LogP contribution in [0.15, 0.2) is 53.4 Å². The second-order valence-electron chi connectivity index (χ2n) is 11.2. The Balaban J connectivity index is 2.45. The summed E-state index contributed by atoms with van der Waals surface area (Å²) in [6.45, 7) is 10.1. The van der Waals surface area contributed by atoms with Gasteiger partial charge in [-0.15, -0.1) is 4.83 Å². The SMILES string of the molecule is CCCN(CCC)C(=O)c1cc(C(=O)NC(Cc2ccccc2)C(O)CN(CC)NS(=O)(=O)CC(C)C)cc(S(N)(=O)=O)c1. The van der Waals surface area contributed by atoms with Crippen LogP contribution >= 0.6 is 0 Å². The van der Waals surface area contributed by atoms with Crippen LogP contribution in [0.4, 0.5) is 0 Å². The van der Waals surface area contributed by atoms with E-state index in [9.17, 15) is 31.5 Å². The fourth-order valence-corrected chi connectivity index (χ4v) is 6.85. The van der Waals surface area contributed by atoms with E-state index in [1.807, 2.05) is 44.2 Å². The van der Waals surface area contributed by atoms with E-state index in [4.69, 9.17) is 5.14 Å². The highest BCUT2D eigenvalue weighted by atomic mass is 32.2. The number of carbonyl (C=O) groups is 2. The van der Waals surface area contributed by atoms with Crippen LogP contribution in [0.3, 0.4) is 0 Å². The van der Waals surface area contributed by atoms with Crippen LogP contribution in [0.5, 0.6) is 0 Å². The van der Waals surface area contributed by atoms with E-state index in [0.717, 1.165) is 17.7 Å². The Morgan fingerprint density at radius 1 is 0.932 bits per heavy atom. The molecule has 5 N–H and O–H groups in total. The van der Waals surface area contributed by atoms with Crippen LogP contribution in [0.1, 0.15) is 73.7 Å². The van der Waals surface area contributed by atoms with Crippen molar-refractivity contribution in [1.82, 2.24) is 20.1 Å². The summed E-state index contributed by atoms with van der Waals surface area (Å²) in [6.07, 6.45) is 0.323. The molecule has 0 saturated carbocycles. The summed E-state index contributed by atoms with van der Waals surface area (Å²) in [4.78, 5) is 30.7. The molecule has 2 rings (SSSR count). The molecule has 0 spiro atoms. The van der Waals surface area contributed by atoms with Crippen molar-refractivity contribution in [1.29, 1.82) is 0 Å². The fraction of sp³-hybridized carbons (Fsp3) is 0.533. The molecule has 2 unspecified atom stereocenters. The van der Waals surface area contributed by atoms with Gasteiger partial charge in [-0.2, -0.15) is 0 Å². The largest absolute Gasteiger partial charge is 0.390 e. The smallest absolute Gasteiger partial charge is 0.253 e. The van der Waals surface area contributed by atoms with Crippen molar-refractivity contribution < 1.29 is 31.5 Å². The Morgan fingerprint density at radius 3 is 2.05 bits per heavy atom. The molecule has 12 nitrogen and oxygen atoms in total. The van der Waals surface area contributed by atoms with Gasteiger partial charge in [0.2, 0.25) is 20.0 Å². The van der Waals surface area contributed by atoms with Gasteiger partial charge in [0.05, 0.1) is 22.8 Å². The second kappa shape index (κ2) is 17.0. The second-order valence-corrected chi connectivity index (χ2v) is 14.5. The number of aliphatic hydroxyl groups is 1. The van der Waals surface area contributed by atoms with Crippen molar-refractivity contribution in [2.24, 2.45) is 11.1 Å². The number of rotatable bonds is 18. The lowest BCUT2D eigenvalue weighted by Crippen LogP contribution is -2.53. The van der Waals surface area contributed by atoms with Gasteiger partial charge in [-0.25, -0.2) is 27.0 Å². The lowest BCUT2D eigenvalue weighted by atomic mass is 10.00. The standard InChI is InChI=1S/C30H47N5O7S2/c1-6-14-34(15-7-2)30(38)25-17-24(18-26(19-25)44(31,41)42)29(37)32-27(16-23-12-10-9-11-13-23)28(36)20-35(8-3)33-43(39,40)21-22(4)5/h9-13,17-19,22,27-28,33,36H,6-8,14-16,20-21H2,1-5H3,(H,32,37)(H2,31,41,42). The van der Waals surface area contributed by atoms with Crippen molar-refractivity contribution in [2.75, 3.05) is 31.9 Å². The number of benzene rings is 2. The number of primary sulfonamides is 1. The van der Waals surface area contributed by atoms with E-state index in [1.165, 1.54) is 11.1 Å². The molecule has 0 aliphatic carbocycles. The maximum Gasteiger partial charge on any atom is 0.253 e. The summed E-state index contributed by atoms with van der Waals surface area (Å²) in [5, 5.41) is 20.8. The summed E-state index contributed by atoms with van der Waals surface area (Å²) >= 11 is 0. The molecule has 0 aromatic heterocycles. The summed E-state index contributed by atoms with van der Waals surface area (Å²) < 4.78 is 49.8. The molecule has 0 radical (unpaired) electrons. The quantitative estimate of drug-likeness (QED) is 0.177. The first kappa shape index (κ1) is 37.3. The normalized spacial score (nSPS) is 13.6. The van der Waals surface area contributed by atoms with E-state index in [1.54, 1.807) is 25.7 Å². The zero-order valence-corrected chi connectivity index (χ0v) is 27.8. The average molecular weight is 654 g/mol. The highest BCUT2D eigenvalue weighted by molar-refractivity contribution is 7.89. The van der Waals surface area contributed by atoms with Crippen molar-refractivity contribution in [3.8, 4) is 0 Å². The Labute approximate surface area is 262 Å². The Hall–Kier alpha value is -2.88. The highest BCUT2D eigenvalue weighted by Crippen LogP contribution is 2.18. The molecule has 2 atom stereocenters. The van der Waals surface area contributed by atoms with Gasteiger partial charge in [0.1, 0.15) is 0 Å². The molecule has 0 aliphatic rings. The number of nitrogens with zero attached hydrogens (tertiary/aromatic N) is 2. The first-order valence-corrected chi connectivity index (χ1v) is 18.0. The number of hydrogen-bond donors (Lipinski definition) is 4. The van der Waals surface area contributed by atoms with Gasteiger partial charge in [-0.05, 0) is 48.9 Å². The van der Waals surface area contributed by atoms with Crippen molar-refractivity contribution >= 4 is 31.9 Å². The van der Waals surface area contributed by atoms with Crippen molar-refractivity contribution in [3.05, 3.63) is 65.2 Å².